The number of hydrogen-bond donors (Lipinski definition) is 1. The van der Waals surface area contributed by atoms with Crippen molar-refractivity contribution in [2.24, 2.45) is 5.92 Å². The molecule has 0 aliphatic carbocycles. The van der Waals surface area contributed by atoms with E-state index in [2.05, 4.69) is 9.88 Å². The third-order valence-corrected chi connectivity index (χ3v) is 8.04. The summed E-state index contributed by atoms with van der Waals surface area (Å²) >= 11 is 1.43. The molecule has 9 nitrogen and oxygen atoms in total. The highest BCUT2D eigenvalue weighted by molar-refractivity contribution is 7.99. The first-order valence-corrected chi connectivity index (χ1v) is 14.4. The molecule has 2 aliphatic rings. The molecule has 0 radical (unpaired) electrons. The molecule has 0 unspecified atom stereocenters. The van der Waals surface area contributed by atoms with Crippen LogP contribution in [0.15, 0.2) is 71.9 Å². The number of piperidine rings is 1. The highest BCUT2D eigenvalue weighted by Gasteiger charge is 2.28. The van der Waals surface area contributed by atoms with Gasteiger partial charge in [-0.25, -0.2) is 4.98 Å². The Morgan fingerprint density at radius 2 is 1.80 bits per heavy atom. The number of para-hydroxylation sites is 2. The summed E-state index contributed by atoms with van der Waals surface area (Å²) in [4.78, 5) is 32.7. The number of benzene rings is 3. The van der Waals surface area contributed by atoms with Gasteiger partial charge in [-0.1, -0.05) is 23.9 Å². The highest BCUT2D eigenvalue weighted by Crippen LogP contribution is 2.35. The van der Waals surface area contributed by atoms with Gasteiger partial charge in [-0.15, -0.1) is 0 Å². The second-order valence-corrected chi connectivity index (χ2v) is 10.6. The number of hydrogen-bond acceptors (Lipinski definition) is 7. The van der Waals surface area contributed by atoms with Gasteiger partial charge < -0.3 is 24.4 Å². The van der Waals surface area contributed by atoms with Gasteiger partial charge in [0, 0.05) is 36.4 Å². The minimum Gasteiger partial charge on any atom is -0.494 e. The van der Waals surface area contributed by atoms with Crippen molar-refractivity contribution in [3.8, 4) is 22.9 Å². The second-order valence-electron chi connectivity index (χ2n) is 9.65. The Labute approximate surface area is 236 Å². The number of carbonyl (C=O) groups is 2. The average molecular weight is 559 g/mol. The molecule has 206 valence electrons. The predicted octanol–water partition coefficient (Wildman–Crippen LogP) is 5.12. The fraction of sp³-hybridized carbons (Fsp3) is 0.300. The van der Waals surface area contributed by atoms with Crippen LogP contribution in [0.4, 0.5) is 5.69 Å². The Hall–Kier alpha value is -4.18. The van der Waals surface area contributed by atoms with Gasteiger partial charge in [0.05, 0.1) is 23.4 Å². The van der Waals surface area contributed by atoms with Gasteiger partial charge in [-0.2, -0.15) is 0 Å². The molecule has 4 aromatic rings. The lowest BCUT2D eigenvalue weighted by Crippen LogP contribution is -2.42. The highest BCUT2D eigenvalue weighted by atomic mass is 32.2. The number of nitrogens with one attached hydrogen (secondary N) is 1. The minimum absolute atomic E-state index is 0.0376. The fourth-order valence-corrected chi connectivity index (χ4v) is 5.97. The summed E-state index contributed by atoms with van der Waals surface area (Å²) in [6.45, 7) is 3.86. The van der Waals surface area contributed by atoms with Crippen molar-refractivity contribution in [3.63, 3.8) is 0 Å². The lowest BCUT2D eigenvalue weighted by atomic mass is 9.96. The maximum Gasteiger partial charge on any atom is 0.233 e. The molecule has 3 aromatic carbocycles. The lowest BCUT2D eigenvalue weighted by Gasteiger charge is -2.31. The molecule has 1 N–H and O–H groups in total. The van der Waals surface area contributed by atoms with Gasteiger partial charge in [0.2, 0.25) is 18.6 Å². The van der Waals surface area contributed by atoms with E-state index in [1.807, 2.05) is 66.4 Å². The maximum absolute atomic E-state index is 13.2. The zero-order valence-electron chi connectivity index (χ0n) is 22.2. The summed E-state index contributed by atoms with van der Waals surface area (Å²) in [5, 5.41) is 3.74. The number of thioether (sulfide) groups is 1. The quantitative estimate of drug-likeness (QED) is 0.300. The van der Waals surface area contributed by atoms with Crippen molar-refractivity contribution in [3.05, 3.63) is 66.7 Å². The Morgan fingerprint density at radius 3 is 2.60 bits per heavy atom. The van der Waals surface area contributed by atoms with Gasteiger partial charge in [-0.3, -0.25) is 14.2 Å². The molecule has 1 saturated heterocycles. The van der Waals surface area contributed by atoms with Crippen molar-refractivity contribution in [2.75, 3.05) is 37.6 Å². The van der Waals surface area contributed by atoms with E-state index in [1.165, 1.54) is 11.8 Å². The summed E-state index contributed by atoms with van der Waals surface area (Å²) in [6.07, 6.45) is 1.25. The Bertz CT molecular complexity index is 1530. The fourth-order valence-electron chi connectivity index (χ4n) is 5.04. The number of carbonyl (C=O) groups excluding carboxylic acids is 2. The molecule has 0 saturated carbocycles. The van der Waals surface area contributed by atoms with E-state index >= 15 is 0 Å². The van der Waals surface area contributed by atoms with Crippen LogP contribution in [0.2, 0.25) is 0 Å². The van der Waals surface area contributed by atoms with E-state index < -0.39 is 0 Å². The molecule has 1 fully saturated rings. The van der Waals surface area contributed by atoms with Gasteiger partial charge in [0.1, 0.15) is 5.75 Å². The lowest BCUT2D eigenvalue weighted by molar-refractivity contribution is -0.132. The topological polar surface area (TPSA) is 94.9 Å². The molecule has 3 heterocycles. The molecule has 0 bridgehead atoms. The first-order valence-electron chi connectivity index (χ1n) is 13.4. The van der Waals surface area contributed by atoms with Gasteiger partial charge in [0.25, 0.3) is 0 Å². The second kappa shape index (κ2) is 11.5. The van der Waals surface area contributed by atoms with E-state index in [-0.39, 0.29) is 30.3 Å². The number of imidazole rings is 1. The SMILES string of the molecule is CCOc1ccc(-n2c(SCC(=O)N3CCC(C(=O)Nc4ccc5c(c4)OCO5)CC3)nc3ccccc32)cc1. The van der Waals surface area contributed by atoms with Crippen LogP contribution in [-0.4, -0.2) is 58.5 Å². The number of anilines is 1. The summed E-state index contributed by atoms with van der Waals surface area (Å²) in [6, 6.07) is 21.2. The molecular formula is C30H30N4O5S. The number of ether oxygens (including phenoxy) is 3. The van der Waals surface area contributed by atoms with Crippen LogP contribution < -0.4 is 19.5 Å². The van der Waals surface area contributed by atoms with Gasteiger partial charge >= 0.3 is 0 Å². The monoisotopic (exact) mass is 558 g/mol. The van der Waals surface area contributed by atoms with Crippen LogP contribution in [0, 0.1) is 5.92 Å². The molecule has 0 atom stereocenters. The van der Waals surface area contributed by atoms with Crippen LogP contribution in [-0.2, 0) is 9.59 Å². The summed E-state index contributed by atoms with van der Waals surface area (Å²) in [7, 11) is 0. The normalized spacial score (nSPS) is 14.9. The smallest absolute Gasteiger partial charge is 0.233 e. The van der Waals surface area contributed by atoms with Gasteiger partial charge in [0.15, 0.2) is 16.7 Å². The number of amides is 2. The number of nitrogens with zero attached hydrogens (tertiary/aromatic N) is 3. The van der Waals surface area contributed by atoms with E-state index in [0.29, 0.717) is 49.7 Å². The first kappa shape index (κ1) is 26.1. The molecular weight excluding hydrogens is 528 g/mol. The third-order valence-electron chi connectivity index (χ3n) is 7.12. The first-order chi connectivity index (χ1) is 19.6. The van der Waals surface area contributed by atoms with Gasteiger partial charge in [-0.05, 0) is 68.3 Å². The van der Waals surface area contributed by atoms with E-state index in [1.54, 1.807) is 12.1 Å². The zero-order valence-corrected chi connectivity index (χ0v) is 23.0. The minimum atomic E-state index is -0.147. The molecule has 6 rings (SSSR count). The van der Waals surface area contributed by atoms with Crippen LogP contribution in [0.1, 0.15) is 19.8 Å². The number of rotatable bonds is 8. The van der Waals surface area contributed by atoms with E-state index in [4.69, 9.17) is 19.2 Å². The van der Waals surface area contributed by atoms with Crippen molar-refractivity contribution < 1.29 is 23.8 Å². The van der Waals surface area contributed by atoms with Crippen molar-refractivity contribution in [1.82, 2.24) is 14.5 Å². The number of likely N-dealkylation sites (tertiary alicyclic amines) is 1. The van der Waals surface area contributed by atoms with Crippen LogP contribution >= 0.6 is 11.8 Å². The summed E-state index contributed by atoms with van der Waals surface area (Å²) in [5.41, 5.74) is 3.50. The Kier molecular flexibility index (Phi) is 7.50. The Morgan fingerprint density at radius 1 is 1.02 bits per heavy atom. The standard InChI is InChI=1S/C30H30N4O5S/c1-2-37-23-10-8-22(9-11-23)34-25-6-4-3-5-24(25)32-30(34)40-18-28(35)33-15-13-20(14-16-33)29(36)31-21-7-12-26-27(17-21)39-19-38-26/h3-12,17,20H,2,13-16,18-19H2,1H3,(H,31,36). The predicted molar refractivity (Wildman–Crippen MR) is 153 cm³/mol. The number of fused-ring (bicyclic) bond motifs is 2. The number of aromatic nitrogens is 2. The van der Waals surface area contributed by atoms with E-state index in [9.17, 15) is 9.59 Å². The molecule has 1 aromatic heterocycles. The summed E-state index contributed by atoms with van der Waals surface area (Å²) < 4.78 is 18.4. The largest absolute Gasteiger partial charge is 0.494 e. The molecule has 2 amide bonds. The molecule has 40 heavy (non-hydrogen) atoms. The van der Waals surface area contributed by atoms with Crippen LogP contribution in [0.25, 0.3) is 16.7 Å². The molecule has 2 aliphatic heterocycles. The Balaban J connectivity index is 1.07. The van der Waals surface area contributed by atoms with E-state index in [0.717, 1.165) is 27.6 Å². The van der Waals surface area contributed by atoms with Crippen molar-refractivity contribution in [2.45, 2.75) is 24.9 Å². The zero-order chi connectivity index (χ0) is 27.5. The van der Waals surface area contributed by atoms with Crippen LogP contribution in [0.3, 0.4) is 0 Å². The third kappa shape index (κ3) is 5.44. The summed E-state index contributed by atoms with van der Waals surface area (Å²) in [5.74, 6) is 2.26. The van der Waals surface area contributed by atoms with Crippen LogP contribution in [0.5, 0.6) is 17.2 Å². The maximum atomic E-state index is 13.2. The molecule has 10 heteroatoms. The van der Waals surface area contributed by atoms with Crippen molar-refractivity contribution in [1.29, 1.82) is 0 Å². The van der Waals surface area contributed by atoms with Crippen molar-refractivity contribution >= 4 is 40.3 Å². The molecule has 0 spiro atoms. The average Bonchev–Trinajstić information content (AvgIpc) is 3.61.